The number of benzene rings is 2. The number of rotatable bonds is 6. The lowest BCUT2D eigenvalue weighted by Crippen LogP contribution is -2.25. The van der Waals surface area contributed by atoms with Crippen molar-refractivity contribution in [2.24, 2.45) is 5.10 Å². The summed E-state index contributed by atoms with van der Waals surface area (Å²) in [7, 11) is 0. The molecule has 8 nitrogen and oxygen atoms in total. The molecule has 0 fully saturated rings. The van der Waals surface area contributed by atoms with Crippen LogP contribution in [0.1, 0.15) is 26.3 Å². The molecule has 2 rings (SSSR count). The Balaban J connectivity index is 2.22. The van der Waals surface area contributed by atoms with Crippen molar-refractivity contribution >= 4 is 57.6 Å². The van der Waals surface area contributed by atoms with E-state index in [0.717, 1.165) is 0 Å². The van der Waals surface area contributed by atoms with Gasteiger partial charge in [0, 0.05) is 22.7 Å². The number of thiocarbonyl (C=S) groups is 1. The molecule has 2 aromatic carbocycles. The monoisotopic (exact) mass is 456 g/mol. The lowest BCUT2D eigenvalue weighted by molar-refractivity contribution is -0.386. The van der Waals surface area contributed by atoms with Gasteiger partial charge in [0.25, 0.3) is 0 Å². The van der Waals surface area contributed by atoms with Crippen LogP contribution in [0.4, 0.5) is 11.4 Å². The van der Waals surface area contributed by atoms with E-state index in [2.05, 4.69) is 15.8 Å². The molecule has 0 amide bonds. The number of halogens is 2. The number of anilines is 1. The number of ether oxygens (including phenoxy) is 1. The molecule has 0 atom stereocenters. The molecule has 0 aliphatic heterocycles. The van der Waals surface area contributed by atoms with Gasteiger partial charge in [-0.2, -0.15) is 5.10 Å². The van der Waals surface area contributed by atoms with Crippen molar-refractivity contribution in [2.45, 2.75) is 26.9 Å². The van der Waals surface area contributed by atoms with Gasteiger partial charge in [-0.3, -0.25) is 15.5 Å². The Morgan fingerprint density at radius 2 is 2.00 bits per heavy atom. The second-order valence-electron chi connectivity index (χ2n) is 6.15. The van der Waals surface area contributed by atoms with E-state index in [1.54, 1.807) is 39.0 Å². The van der Waals surface area contributed by atoms with Crippen LogP contribution in [-0.4, -0.2) is 27.0 Å². The van der Waals surface area contributed by atoms with Gasteiger partial charge >= 0.3 is 5.69 Å². The molecule has 0 radical (unpaired) electrons. The summed E-state index contributed by atoms with van der Waals surface area (Å²) in [5.41, 5.74) is 3.22. The zero-order valence-corrected chi connectivity index (χ0v) is 18.0. The highest BCUT2D eigenvalue weighted by Gasteiger charge is 2.21. The van der Waals surface area contributed by atoms with Crippen molar-refractivity contribution < 1.29 is 14.8 Å². The van der Waals surface area contributed by atoms with E-state index in [0.29, 0.717) is 15.7 Å². The largest absolute Gasteiger partial charge is 0.507 e. The molecule has 0 saturated heterocycles. The van der Waals surface area contributed by atoms with Gasteiger partial charge in [-0.15, -0.1) is 0 Å². The summed E-state index contributed by atoms with van der Waals surface area (Å²) >= 11 is 17.1. The third-order valence-electron chi connectivity index (χ3n) is 3.53. The summed E-state index contributed by atoms with van der Waals surface area (Å²) in [5, 5.41) is 29.5. The number of nitro benzene ring substituents is 1. The Hall–Kier alpha value is -2.62. The van der Waals surface area contributed by atoms with Gasteiger partial charge in [-0.25, -0.2) is 0 Å². The quantitative estimate of drug-likeness (QED) is 0.240. The van der Waals surface area contributed by atoms with Gasteiger partial charge in [0.05, 0.1) is 27.4 Å². The molecule has 11 heteroatoms. The van der Waals surface area contributed by atoms with Crippen LogP contribution >= 0.6 is 35.4 Å². The summed E-state index contributed by atoms with van der Waals surface area (Å²) < 4.78 is 5.40. The smallest absolute Gasteiger partial charge is 0.311 e. The maximum atomic E-state index is 11.4. The number of phenolic OH excluding ortho intramolecular Hbond substituents is 1. The zero-order chi connectivity index (χ0) is 21.7. The molecule has 154 valence electrons. The summed E-state index contributed by atoms with van der Waals surface area (Å²) in [5.74, 6) is -0.245. The van der Waals surface area contributed by atoms with Crippen LogP contribution in [0, 0.1) is 10.1 Å². The predicted molar refractivity (Wildman–Crippen MR) is 119 cm³/mol. The molecule has 0 aliphatic carbocycles. The molecule has 0 aromatic heterocycles. The van der Waals surface area contributed by atoms with E-state index < -0.39 is 4.92 Å². The van der Waals surface area contributed by atoms with Gasteiger partial charge in [-0.1, -0.05) is 23.2 Å². The fourth-order valence-electron chi connectivity index (χ4n) is 2.28. The summed E-state index contributed by atoms with van der Waals surface area (Å²) in [6.07, 6.45) is -0.294. The number of hydrogen-bond acceptors (Lipinski definition) is 6. The molecule has 0 heterocycles. The molecular formula is C18H18Cl2N4O4S. The van der Waals surface area contributed by atoms with Crippen LogP contribution < -0.4 is 15.5 Å². The first-order chi connectivity index (χ1) is 13.6. The lowest BCUT2D eigenvalue weighted by atomic mass is 10.1. The number of hydrogen-bond donors (Lipinski definition) is 3. The van der Waals surface area contributed by atoms with Crippen LogP contribution in [0.25, 0.3) is 0 Å². The van der Waals surface area contributed by atoms with E-state index >= 15 is 0 Å². The fourth-order valence-corrected chi connectivity index (χ4v) is 2.77. The van der Waals surface area contributed by atoms with Gasteiger partial charge < -0.3 is 15.2 Å². The third kappa shape index (κ3) is 6.18. The molecule has 2 aromatic rings. The molecule has 29 heavy (non-hydrogen) atoms. The van der Waals surface area contributed by atoms with Crippen LogP contribution in [0.3, 0.4) is 0 Å². The van der Waals surface area contributed by atoms with Gasteiger partial charge in [0.1, 0.15) is 5.75 Å². The minimum absolute atomic E-state index is 0.0280. The van der Waals surface area contributed by atoms with Crippen molar-refractivity contribution in [2.75, 3.05) is 5.32 Å². The van der Waals surface area contributed by atoms with Gasteiger partial charge in [-0.05, 0) is 51.2 Å². The van der Waals surface area contributed by atoms with Gasteiger partial charge in [0.2, 0.25) is 5.75 Å². The van der Waals surface area contributed by atoms with E-state index in [4.69, 9.17) is 40.2 Å². The van der Waals surface area contributed by atoms with Crippen LogP contribution in [0.15, 0.2) is 35.4 Å². The Kier molecular flexibility index (Phi) is 7.60. The lowest BCUT2D eigenvalue weighted by Gasteiger charge is -2.13. The highest BCUT2D eigenvalue weighted by molar-refractivity contribution is 7.80. The summed E-state index contributed by atoms with van der Waals surface area (Å²) in [6.45, 7) is 5.01. The Morgan fingerprint density at radius 1 is 1.31 bits per heavy atom. The topological polar surface area (TPSA) is 109 Å². The van der Waals surface area contributed by atoms with Crippen molar-refractivity contribution in [3.05, 3.63) is 56.1 Å². The van der Waals surface area contributed by atoms with Gasteiger partial charge in [0.15, 0.2) is 5.11 Å². The highest BCUT2D eigenvalue weighted by atomic mass is 35.5. The molecule has 0 aliphatic rings. The fraction of sp³-hybridized carbons (Fsp3) is 0.222. The standard InChI is InChI=1S/C18H18Cl2N4O4S/c1-9(2)28-17-8-16(25)12(7-15(17)24(26)27)10(3)22-23-18(29)21-14-6-11(19)4-5-13(14)20/h4-9,25H,1-3H3,(H2,21,23,29)/b22-10+. The van der Waals surface area contributed by atoms with Crippen LogP contribution in [0.2, 0.25) is 10.0 Å². The Labute approximate surface area is 182 Å². The van der Waals surface area contributed by atoms with Crippen molar-refractivity contribution in [1.29, 1.82) is 0 Å². The second-order valence-corrected chi connectivity index (χ2v) is 7.40. The maximum Gasteiger partial charge on any atom is 0.311 e. The normalized spacial score (nSPS) is 11.3. The molecule has 0 spiro atoms. The van der Waals surface area contributed by atoms with Crippen molar-refractivity contribution in [3.8, 4) is 11.5 Å². The maximum absolute atomic E-state index is 11.4. The third-order valence-corrected chi connectivity index (χ3v) is 4.29. The number of aromatic hydroxyl groups is 1. The van der Waals surface area contributed by atoms with Crippen LogP contribution in [-0.2, 0) is 0 Å². The average molecular weight is 457 g/mol. The van der Waals surface area contributed by atoms with E-state index in [9.17, 15) is 15.2 Å². The first-order valence-corrected chi connectivity index (χ1v) is 9.49. The number of nitrogens with one attached hydrogen (secondary N) is 2. The van der Waals surface area contributed by atoms with E-state index in [-0.39, 0.29) is 39.7 Å². The summed E-state index contributed by atoms with van der Waals surface area (Å²) in [4.78, 5) is 10.8. The number of nitrogens with zero attached hydrogens (tertiary/aromatic N) is 2. The first kappa shape index (κ1) is 22.7. The van der Waals surface area contributed by atoms with E-state index in [1.165, 1.54) is 12.1 Å². The van der Waals surface area contributed by atoms with Crippen LogP contribution in [0.5, 0.6) is 11.5 Å². The Morgan fingerprint density at radius 3 is 2.62 bits per heavy atom. The highest BCUT2D eigenvalue weighted by Crippen LogP contribution is 2.35. The predicted octanol–water partition coefficient (Wildman–Crippen LogP) is 5.11. The van der Waals surface area contributed by atoms with E-state index in [1.807, 2.05) is 0 Å². The van der Waals surface area contributed by atoms with Crippen molar-refractivity contribution in [3.63, 3.8) is 0 Å². The minimum Gasteiger partial charge on any atom is -0.507 e. The Bertz CT molecular complexity index is 983. The van der Waals surface area contributed by atoms with Crippen molar-refractivity contribution in [1.82, 2.24) is 5.43 Å². The zero-order valence-electron chi connectivity index (χ0n) is 15.7. The number of nitro groups is 1. The minimum atomic E-state index is -0.589. The second kappa shape index (κ2) is 9.73. The molecule has 0 unspecified atom stereocenters. The SMILES string of the molecule is C/C(=N\NC(=S)Nc1cc(Cl)ccc1Cl)c1cc([N+](=O)[O-])c(OC(C)C)cc1O. The molecule has 3 N–H and O–H groups in total. The average Bonchev–Trinajstić information content (AvgIpc) is 2.62. The number of hydrazone groups is 1. The molecular weight excluding hydrogens is 439 g/mol. The molecule has 0 bridgehead atoms. The number of phenols is 1. The molecule has 0 saturated carbocycles. The first-order valence-electron chi connectivity index (χ1n) is 8.33. The summed E-state index contributed by atoms with van der Waals surface area (Å²) in [6, 6.07) is 7.22.